The Morgan fingerprint density at radius 1 is 1.55 bits per heavy atom. The van der Waals surface area contributed by atoms with E-state index in [-0.39, 0.29) is 30.5 Å². The van der Waals surface area contributed by atoms with Crippen LogP contribution in [0.25, 0.3) is 0 Å². The van der Waals surface area contributed by atoms with Crippen LogP contribution in [0.15, 0.2) is 18.2 Å². The van der Waals surface area contributed by atoms with Crippen molar-refractivity contribution in [3.63, 3.8) is 0 Å². The summed E-state index contributed by atoms with van der Waals surface area (Å²) in [5.41, 5.74) is 0. The molecule has 0 bridgehead atoms. The van der Waals surface area contributed by atoms with Crippen LogP contribution in [-0.4, -0.2) is 53.8 Å². The molecule has 0 spiro atoms. The number of carbonyl (C=O) groups is 2. The molecule has 2 atom stereocenters. The van der Waals surface area contributed by atoms with Crippen molar-refractivity contribution >= 4 is 23.5 Å². The van der Waals surface area contributed by atoms with Gasteiger partial charge in [0.1, 0.15) is 11.6 Å². The highest BCUT2D eigenvalue weighted by molar-refractivity contribution is 6.32. The first-order valence-corrected chi connectivity index (χ1v) is 7.00. The zero-order valence-corrected chi connectivity index (χ0v) is 12.5. The quantitative estimate of drug-likeness (QED) is 0.906. The lowest BCUT2D eigenvalue weighted by Crippen LogP contribution is -2.55. The lowest BCUT2D eigenvalue weighted by Gasteiger charge is -2.34. The number of rotatable bonds is 4. The van der Waals surface area contributed by atoms with Gasteiger partial charge in [0.25, 0.3) is 5.91 Å². The third kappa shape index (κ3) is 3.66. The summed E-state index contributed by atoms with van der Waals surface area (Å²) in [6.07, 6.45) is -0.956. The van der Waals surface area contributed by atoms with Gasteiger partial charge in [-0.25, -0.2) is 9.18 Å². The van der Waals surface area contributed by atoms with E-state index in [4.69, 9.17) is 26.2 Å². The summed E-state index contributed by atoms with van der Waals surface area (Å²) in [6.45, 7) is 1.85. The molecule has 1 fully saturated rings. The Balaban J connectivity index is 2.09. The lowest BCUT2D eigenvalue weighted by atomic mass is 10.2. The highest BCUT2D eigenvalue weighted by atomic mass is 35.5. The minimum atomic E-state index is -1.14. The van der Waals surface area contributed by atoms with Gasteiger partial charge in [-0.1, -0.05) is 11.6 Å². The number of morpholine rings is 1. The number of hydrogen-bond acceptors (Lipinski definition) is 4. The summed E-state index contributed by atoms with van der Waals surface area (Å²) in [7, 11) is 0. The molecule has 2 rings (SSSR count). The minimum absolute atomic E-state index is 0.0383. The van der Waals surface area contributed by atoms with E-state index in [1.165, 1.54) is 17.9 Å². The molecule has 1 aromatic carbocycles. The molecule has 1 aliphatic heterocycles. The standard InChI is InChI=1S/C14H15ClFNO5/c1-8(22-12-3-2-9(16)6-10(12)15)13(18)17-4-5-21-7-11(17)14(19)20/h2-3,6,8,11H,4-5,7H2,1H3,(H,19,20)/t8-,11+/m1/s1. The third-order valence-electron chi connectivity index (χ3n) is 3.24. The fraction of sp³-hybridized carbons (Fsp3) is 0.429. The first-order chi connectivity index (χ1) is 10.4. The second kappa shape index (κ2) is 6.93. The van der Waals surface area contributed by atoms with Gasteiger partial charge in [-0.05, 0) is 25.1 Å². The summed E-state index contributed by atoms with van der Waals surface area (Å²) in [6, 6.07) is 2.50. The highest BCUT2D eigenvalue weighted by Gasteiger charge is 2.35. The van der Waals surface area contributed by atoms with Gasteiger partial charge in [-0.2, -0.15) is 0 Å². The second-order valence-electron chi connectivity index (χ2n) is 4.80. The molecule has 1 amide bonds. The van der Waals surface area contributed by atoms with Gasteiger partial charge in [-0.3, -0.25) is 4.79 Å². The number of carboxylic acids is 1. The van der Waals surface area contributed by atoms with Crippen LogP contribution in [0.1, 0.15) is 6.92 Å². The van der Waals surface area contributed by atoms with E-state index in [1.54, 1.807) is 0 Å². The van der Waals surface area contributed by atoms with Gasteiger partial charge < -0.3 is 19.5 Å². The van der Waals surface area contributed by atoms with Gasteiger partial charge in [0.2, 0.25) is 0 Å². The lowest BCUT2D eigenvalue weighted by molar-refractivity contribution is -0.161. The summed E-state index contributed by atoms with van der Waals surface area (Å²) < 4.78 is 23.5. The maximum atomic E-state index is 13.0. The van der Waals surface area contributed by atoms with Crippen molar-refractivity contribution in [3.05, 3.63) is 29.0 Å². The normalized spacial score (nSPS) is 19.6. The maximum absolute atomic E-state index is 13.0. The Labute approximate surface area is 131 Å². The van der Waals surface area contributed by atoms with Crippen molar-refractivity contribution in [2.45, 2.75) is 19.1 Å². The van der Waals surface area contributed by atoms with Crippen LogP contribution >= 0.6 is 11.6 Å². The first-order valence-electron chi connectivity index (χ1n) is 6.63. The molecule has 120 valence electrons. The number of benzene rings is 1. The summed E-state index contributed by atoms with van der Waals surface area (Å²) in [5, 5.41) is 9.16. The van der Waals surface area contributed by atoms with Gasteiger partial charge >= 0.3 is 5.97 Å². The number of ether oxygens (including phenoxy) is 2. The Bertz CT molecular complexity index is 582. The highest BCUT2D eigenvalue weighted by Crippen LogP contribution is 2.26. The number of carbonyl (C=O) groups excluding carboxylic acids is 1. The molecule has 6 nitrogen and oxygen atoms in total. The van der Waals surface area contributed by atoms with Crippen LogP contribution in [-0.2, 0) is 14.3 Å². The molecule has 22 heavy (non-hydrogen) atoms. The van der Waals surface area contributed by atoms with Crippen LogP contribution in [0.3, 0.4) is 0 Å². The molecule has 1 N–H and O–H groups in total. The number of hydrogen-bond donors (Lipinski definition) is 1. The number of aliphatic carboxylic acids is 1. The minimum Gasteiger partial charge on any atom is -0.480 e. The van der Waals surface area contributed by atoms with E-state index in [0.29, 0.717) is 0 Å². The van der Waals surface area contributed by atoms with Gasteiger partial charge in [-0.15, -0.1) is 0 Å². The van der Waals surface area contributed by atoms with Gasteiger partial charge in [0, 0.05) is 6.54 Å². The van der Waals surface area contributed by atoms with Crippen molar-refractivity contribution in [3.8, 4) is 5.75 Å². The Hall–Kier alpha value is -1.86. The molecule has 1 saturated heterocycles. The zero-order chi connectivity index (χ0) is 16.3. The topological polar surface area (TPSA) is 76.1 Å². The first kappa shape index (κ1) is 16.5. The van der Waals surface area contributed by atoms with Crippen molar-refractivity contribution in [2.24, 2.45) is 0 Å². The van der Waals surface area contributed by atoms with Crippen molar-refractivity contribution in [1.29, 1.82) is 0 Å². The number of nitrogens with zero attached hydrogens (tertiary/aromatic N) is 1. The molecule has 1 aliphatic rings. The smallest absolute Gasteiger partial charge is 0.328 e. The van der Waals surface area contributed by atoms with Gasteiger partial charge in [0.15, 0.2) is 12.1 Å². The van der Waals surface area contributed by atoms with Crippen LogP contribution in [0.2, 0.25) is 5.02 Å². The van der Waals surface area contributed by atoms with E-state index in [9.17, 15) is 14.0 Å². The molecular weight excluding hydrogens is 317 g/mol. The van der Waals surface area contributed by atoms with Crippen LogP contribution < -0.4 is 4.74 Å². The van der Waals surface area contributed by atoms with E-state index >= 15 is 0 Å². The molecule has 1 aromatic rings. The number of amides is 1. The fourth-order valence-electron chi connectivity index (χ4n) is 2.12. The number of carboxylic acid groups (broad SMARTS) is 1. The average Bonchev–Trinajstić information content (AvgIpc) is 2.49. The maximum Gasteiger partial charge on any atom is 0.328 e. The SMILES string of the molecule is C[C@@H](Oc1ccc(F)cc1Cl)C(=O)N1CCOC[C@H]1C(=O)O. The van der Waals surface area contributed by atoms with Crippen molar-refractivity contribution < 1.29 is 28.6 Å². The molecular formula is C14H15ClFNO5. The summed E-state index contributed by atoms with van der Waals surface area (Å²) in [4.78, 5) is 24.7. The molecule has 0 radical (unpaired) electrons. The predicted octanol–water partition coefficient (Wildman–Crippen LogP) is 1.56. The van der Waals surface area contributed by atoms with Gasteiger partial charge in [0.05, 0.1) is 18.2 Å². The molecule has 0 aliphatic carbocycles. The Morgan fingerprint density at radius 2 is 2.27 bits per heavy atom. The van der Waals surface area contributed by atoms with Crippen LogP contribution in [0, 0.1) is 5.82 Å². The third-order valence-corrected chi connectivity index (χ3v) is 3.54. The van der Waals surface area contributed by atoms with Crippen LogP contribution in [0.5, 0.6) is 5.75 Å². The zero-order valence-electron chi connectivity index (χ0n) is 11.8. The summed E-state index contributed by atoms with van der Waals surface area (Å²) in [5.74, 6) is -1.99. The second-order valence-corrected chi connectivity index (χ2v) is 5.20. The largest absolute Gasteiger partial charge is 0.480 e. The molecule has 0 aromatic heterocycles. The Kier molecular flexibility index (Phi) is 5.20. The predicted molar refractivity (Wildman–Crippen MR) is 75.5 cm³/mol. The molecule has 8 heteroatoms. The fourth-order valence-corrected chi connectivity index (χ4v) is 2.33. The Morgan fingerprint density at radius 3 is 2.91 bits per heavy atom. The van der Waals surface area contributed by atoms with Crippen molar-refractivity contribution in [2.75, 3.05) is 19.8 Å². The molecule has 0 unspecified atom stereocenters. The number of halogens is 2. The van der Waals surface area contributed by atoms with E-state index in [0.717, 1.165) is 12.1 Å². The van der Waals surface area contributed by atoms with E-state index in [2.05, 4.69) is 0 Å². The van der Waals surface area contributed by atoms with Crippen molar-refractivity contribution in [1.82, 2.24) is 4.90 Å². The average molecular weight is 332 g/mol. The van der Waals surface area contributed by atoms with E-state index < -0.39 is 29.8 Å². The molecule has 0 saturated carbocycles. The monoisotopic (exact) mass is 331 g/mol. The summed E-state index contributed by atoms with van der Waals surface area (Å²) >= 11 is 5.84. The molecule has 1 heterocycles. The van der Waals surface area contributed by atoms with Crippen LogP contribution in [0.4, 0.5) is 4.39 Å². The van der Waals surface area contributed by atoms with E-state index in [1.807, 2.05) is 0 Å².